The van der Waals surface area contributed by atoms with E-state index in [2.05, 4.69) is 16.7 Å². The number of nitrogens with zero attached hydrogens (tertiary/aromatic N) is 4. The molecule has 13 heteroatoms. The van der Waals surface area contributed by atoms with Crippen LogP contribution in [0.15, 0.2) is 63.8 Å². The number of allylic oxidation sites excluding steroid dienone is 2. The second kappa shape index (κ2) is 10.1. The minimum Gasteiger partial charge on any atom is -0.497 e. The summed E-state index contributed by atoms with van der Waals surface area (Å²) in [5, 5.41) is 0. The zero-order valence-electron chi connectivity index (χ0n) is 19.3. The Balaban J connectivity index is 2.18. The fourth-order valence-electron chi connectivity index (χ4n) is 3.38. The van der Waals surface area contributed by atoms with Crippen LogP contribution in [-0.4, -0.2) is 51.8 Å². The summed E-state index contributed by atoms with van der Waals surface area (Å²) in [7, 11) is -0.602. The van der Waals surface area contributed by atoms with Gasteiger partial charge in [0, 0.05) is 35.7 Å². The monoisotopic (exact) mass is 508 g/mol. The van der Waals surface area contributed by atoms with Gasteiger partial charge in [0.1, 0.15) is 22.3 Å². The minimum atomic E-state index is -4.44. The number of anilines is 1. The van der Waals surface area contributed by atoms with E-state index in [1.54, 1.807) is 0 Å². The molecule has 1 aliphatic rings. The van der Waals surface area contributed by atoms with E-state index in [0.717, 1.165) is 17.0 Å². The van der Waals surface area contributed by atoms with Crippen molar-refractivity contribution in [2.45, 2.75) is 18.4 Å². The number of carbonyl (C=O) groups is 1. The maximum absolute atomic E-state index is 14.7. The van der Waals surface area contributed by atoms with E-state index in [4.69, 9.17) is 14.2 Å². The number of hydrogen-bond acceptors (Lipinski definition) is 8. The van der Waals surface area contributed by atoms with Crippen molar-refractivity contribution in [2.75, 3.05) is 26.2 Å². The summed E-state index contributed by atoms with van der Waals surface area (Å²) in [5.74, 6) is -2.37. The average Bonchev–Trinajstić information content (AvgIpc) is 2.82. The first-order chi connectivity index (χ1) is 16.6. The van der Waals surface area contributed by atoms with Gasteiger partial charge in [-0.15, -0.1) is 0 Å². The number of halogens is 2. The fourth-order valence-corrected chi connectivity index (χ4v) is 4.95. The Hall–Kier alpha value is -4.00. The van der Waals surface area contributed by atoms with Crippen molar-refractivity contribution in [3.8, 4) is 5.75 Å². The molecular weight excluding hydrogens is 486 g/mol. The molecule has 0 atom stereocenters. The smallest absolute Gasteiger partial charge is 0.344 e. The van der Waals surface area contributed by atoms with Crippen LogP contribution in [0, 0.1) is 11.6 Å². The second-order valence-electron chi connectivity index (χ2n) is 7.05. The molecule has 186 valence electrons. The number of rotatable bonds is 8. The number of methoxy groups -OCH3 is 3. The van der Waals surface area contributed by atoms with Crippen LogP contribution in [-0.2, 0) is 26.0 Å². The zero-order valence-corrected chi connectivity index (χ0v) is 20.1. The first-order valence-corrected chi connectivity index (χ1v) is 11.4. The number of aliphatic imine (C=N–C) groups is 1. The van der Waals surface area contributed by atoms with Gasteiger partial charge in [0.15, 0.2) is 11.6 Å². The van der Waals surface area contributed by atoms with Crippen molar-refractivity contribution in [2.24, 2.45) is 4.99 Å². The van der Waals surface area contributed by atoms with Crippen LogP contribution in [0.4, 0.5) is 19.4 Å². The molecule has 35 heavy (non-hydrogen) atoms. The summed E-state index contributed by atoms with van der Waals surface area (Å²) in [6, 6.07) is 3.39. The van der Waals surface area contributed by atoms with Crippen LogP contribution >= 0.6 is 0 Å². The summed E-state index contributed by atoms with van der Waals surface area (Å²) >= 11 is 0. The first kappa shape index (κ1) is 25.6. The number of hydrogen-bond donors (Lipinski definition) is 0. The summed E-state index contributed by atoms with van der Waals surface area (Å²) in [6.45, 7) is 4.03. The van der Waals surface area contributed by atoms with Crippen LogP contribution in [0.1, 0.15) is 12.5 Å². The number of urea groups is 1. The molecule has 0 aliphatic carbocycles. The van der Waals surface area contributed by atoms with Gasteiger partial charge in [0.05, 0.1) is 27.9 Å². The van der Waals surface area contributed by atoms with Crippen LogP contribution in [0.5, 0.6) is 5.75 Å². The molecule has 0 saturated heterocycles. The Bertz CT molecular complexity index is 1320. The molecule has 0 radical (unpaired) electrons. The lowest BCUT2D eigenvalue weighted by molar-refractivity contribution is 0.226. The van der Waals surface area contributed by atoms with Crippen LogP contribution in [0.2, 0.25) is 0 Å². The predicted molar refractivity (Wildman–Crippen MR) is 122 cm³/mol. The maximum Gasteiger partial charge on any atom is 0.344 e. The SMILES string of the molecule is C=N/C(OC)=C(\C=C(/C)N1C(=O)N(Cc2c(F)cc(OC)cc2F)c2ncccc2S1(=O)=O)OC. The molecule has 1 aliphatic heterocycles. The minimum absolute atomic E-state index is 0.0150. The molecule has 3 rings (SSSR count). The third-order valence-corrected chi connectivity index (χ3v) is 6.82. The molecule has 2 heterocycles. The largest absolute Gasteiger partial charge is 0.497 e. The second-order valence-corrected chi connectivity index (χ2v) is 8.81. The highest BCUT2D eigenvalue weighted by molar-refractivity contribution is 7.90. The van der Waals surface area contributed by atoms with Crippen molar-refractivity contribution in [3.63, 3.8) is 0 Å². The fraction of sp³-hybridized carbons (Fsp3) is 0.227. The standard InChI is InChI=1S/C22H22F2N4O6S/c1-13(9-18(33-4)21(25-2)34-5)28-22(29)27(20-19(35(28,30)31)7-6-8-26-20)12-15-16(23)10-14(32-3)11-17(15)24/h6-11H,2,12H2,1,3-5H3/b13-9+,21-18-. The third-order valence-electron chi connectivity index (χ3n) is 5.02. The third kappa shape index (κ3) is 4.67. The van der Waals surface area contributed by atoms with E-state index in [0.29, 0.717) is 4.31 Å². The normalized spacial score (nSPS) is 15.8. The lowest BCUT2D eigenvalue weighted by Crippen LogP contribution is -2.50. The van der Waals surface area contributed by atoms with Gasteiger partial charge >= 0.3 is 6.03 Å². The van der Waals surface area contributed by atoms with Gasteiger partial charge in [-0.1, -0.05) is 0 Å². The molecule has 0 spiro atoms. The maximum atomic E-state index is 14.7. The topological polar surface area (TPSA) is 111 Å². The van der Waals surface area contributed by atoms with Gasteiger partial charge in [-0.25, -0.2) is 32.0 Å². The van der Waals surface area contributed by atoms with E-state index >= 15 is 0 Å². The molecule has 10 nitrogen and oxygen atoms in total. The van der Waals surface area contributed by atoms with Gasteiger partial charge in [-0.05, 0) is 25.8 Å². The lowest BCUT2D eigenvalue weighted by atomic mass is 10.1. The van der Waals surface area contributed by atoms with Crippen molar-refractivity contribution in [1.82, 2.24) is 9.29 Å². The van der Waals surface area contributed by atoms with Gasteiger partial charge in [-0.3, -0.25) is 4.90 Å². The number of amides is 2. The van der Waals surface area contributed by atoms with E-state index in [9.17, 15) is 22.0 Å². The number of pyridine rings is 1. The van der Waals surface area contributed by atoms with Crippen LogP contribution in [0.25, 0.3) is 0 Å². The summed E-state index contributed by atoms with van der Waals surface area (Å²) in [5.41, 5.74) is -0.591. The van der Waals surface area contributed by atoms with Crippen molar-refractivity contribution in [3.05, 3.63) is 71.1 Å². The Kier molecular flexibility index (Phi) is 7.39. The van der Waals surface area contributed by atoms with E-state index in [1.165, 1.54) is 52.7 Å². The van der Waals surface area contributed by atoms with Crippen molar-refractivity contribution >= 4 is 28.6 Å². The van der Waals surface area contributed by atoms with Gasteiger partial charge in [0.2, 0.25) is 0 Å². The van der Waals surface area contributed by atoms with Gasteiger partial charge in [0.25, 0.3) is 15.9 Å². The Labute approximate surface area is 200 Å². The highest BCUT2D eigenvalue weighted by atomic mass is 32.2. The summed E-state index contributed by atoms with van der Waals surface area (Å²) < 4.78 is 71.6. The highest BCUT2D eigenvalue weighted by Gasteiger charge is 2.44. The predicted octanol–water partition coefficient (Wildman–Crippen LogP) is 3.57. The molecule has 0 N–H and O–H groups in total. The van der Waals surface area contributed by atoms with E-state index in [-0.39, 0.29) is 33.8 Å². The average molecular weight is 509 g/mol. The number of fused-ring (bicyclic) bond motifs is 1. The van der Waals surface area contributed by atoms with Crippen molar-refractivity contribution < 1.29 is 36.2 Å². The Morgan fingerprint density at radius 1 is 1.20 bits per heavy atom. The van der Waals surface area contributed by atoms with E-state index < -0.39 is 39.8 Å². The molecule has 2 amide bonds. The number of ether oxygens (including phenoxy) is 3. The molecule has 0 fully saturated rings. The molecule has 0 bridgehead atoms. The molecular formula is C22H22F2N4O6S. The number of benzene rings is 1. The quantitative estimate of drug-likeness (QED) is 0.305. The number of sulfonamides is 1. The van der Waals surface area contributed by atoms with Gasteiger partial charge < -0.3 is 14.2 Å². The van der Waals surface area contributed by atoms with Crippen LogP contribution < -0.4 is 9.64 Å². The molecule has 0 unspecified atom stereocenters. The van der Waals surface area contributed by atoms with Crippen molar-refractivity contribution in [1.29, 1.82) is 0 Å². The highest BCUT2D eigenvalue weighted by Crippen LogP contribution is 2.36. The first-order valence-electron chi connectivity index (χ1n) is 9.91. The molecule has 0 saturated carbocycles. The lowest BCUT2D eigenvalue weighted by Gasteiger charge is -2.35. The van der Waals surface area contributed by atoms with Gasteiger partial charge in [-0.2, -0.15) is 4.31 Å². The summed E-state index contributed by atoms with van der Waals surface area (Å²) in [6.07, 6.45) is 2.47. The Morgan fingerprint density at radius 2 is 1.86 bits per heavy atom. The number of carbonyl (C=O) groups excluding carboxylic acids is 1. The molecule has 1 aromatic heterocycles. The number of aromatic nitrogens is 1. The summed E-state index contributed by atoms with van der Waals surface area (Å²) in [4.78, 5) is 21.6. The van der Waals surface area contributed by atoms with E-state index in [1.807, 2.05) is 0 Å². The molecule has 2 aromatic rings. The van der Waals surface area contributed by atoms with Crippen LogP contribution in [0.3, 0.4) is 0 Å². The Morgan fingerprint density at radius 3 is 2.40 bits per heavy atom. The molecule has 1 aromatic carbocycles. The zero-order chi connectivity index (χ0) is 25.9.